The Kier molecular flexibility index (Phi) is 3.64. The Morgan fingerprint density at radius 2 is 1.86 bits per heavy atom. The normalized spacial score (nSPS) is 9.50. The number of rotatable bonds is 3. The fourth-order valence-corrected chi connectivity index (χ4v) is 1.03. The Labute approximate surface area is 89.1 Å². The SMILES string of the molecule is O=C(CBr)Nc1ccc(C(=O)O)cc1. The van der Waals surface area contributed by atoms with Crippen LogP contribution in [-0.4, -0.2) is 22.3 Å². The number of carbonyl (C=O) groups excluding carboxylic acids is 1. The summed E-state index contributed by atoms with van der Waals surface area (Å²) in [5.74, 6) is -1.16. The van der Waals surface area contributed by atoms with Gasteiger partial charge in [0.05, 0.1) is 10.9 Å². The van der Waals surface area contributed by atoms with Crippen LogP contribution in [0.2, 0.25) is 0 Å². The zero-order valence-electron chi connectivity index (χ0n) is 7.16. The van der Waals surface area contributed by atoms with Gasteiger partial charge in [0.15, 0.2) is 0 Å². The van der Waals surface area contributed by atoms with Gasteiger partial charge in [0.25, 0.3) is 0 Å². The van der Waals surface area contributed by atoms with Gasteiger partial charge in [-0.3, -0.25) is 4.79 Å². The molecular weight excluding hydrogens is 250 g/mol. The van der Waals surface area contributed by atoms with Crippen LogP contribution in [-0.2, 0) is 4.79 Å². The molecule has 1 rings (SSSR count). The first-order chi connectivity index (χ1) is 6.63. The predicted octanol–water partition coefficient (Wildman–Crippen LogP) is 1.72. The summed E-state index contributed by atoms with van der Waals surface area (Å²) in [5, 5.41) is 11.4. The van der Waals surface area contributed by atoms with E-state index in [1.807, 2.05) is 0 Å². The molecular formula is C9H8BrNO3. The molecule has 14 heavy (non-hydrogen) atoms. The van der Waals surface area contributed by atoms with Gasteiger partial charge in [-0.1, -0.05) is 15.9 Å². The standard InChI is InChI=1S/C9H8BrNO3/c10-5-8(12)11-7-3-1-6(2-4-7)9(13)14/h1-4H,5H2,(H,11,12)(H,13,14). The van der Waals surface area contributed by atoms with Gasteiger partial charge in [0, 0.05) is 5.69 Å². The number of carbonyl (C=O) groups is 2. The van der Waals surface area contributed by atoms with Crippen LogP contribution in [0.3, 0.4) is 0 Å². The second-order valence-electron chi connectivity index (χ2n) is 2.56. The highest BCUT2D eigenvalue weighted by Crippen LogP contribution is 2.09. The van der Waals surface area contributed by atoms with E-state index in [9.17, 15) is 9.59 Å². The third kappa shape index (κ3) is 2.85. The highest BCUT2D eigenvalue weighted by atomic mass is 79.9. The van der Waals surface area contributed by atoms with E-state index in [1.54, 1.807) is 12.1 Å². The molecule has 1 amide bonds. The van der Waals surface area contributed by atoms with E-state index < -0.39 is 5.97 Å². The molecule has 2 N–H and O–H groups in total. The van der Waals surface area contributed by atoms with Gasteiger partial charge in [0.2, 0.25) is 5.91 Å². The van der Waals surface area contributed by atoms with Crippen molar-refractivity contribution in [3.05, 3.63) is 29.8 Å². The van der Waals surface area contributed by atoms with Crippen molar-refractivity contribution in [2.75, 3.05) is 10.6 Å². The summed E-state index contributed by atoms with van der Waals surface area (Å²) in [6, 6.07) is 5.96. The first-order valence-corrected chi connectivity index (χ1v) is 4.95. The Balaban J connectivity index is 2.73. The Bertz CT molecular complexity index is 348. The number of aromatic carboxylic acids is 1. The number of anilines is 1. The summed E-state index contributed by atoms with van der Waals surface area (Å²) in [6.07, 6.45) is 0. The number of hydrogen-bond acceptors (Lipinski definition) is 2. The van der Waals surface area contributed by atoms with Crippen molar-refractivity contribution in [1.82, 2.24) is 0 Å². The maximum absolute atomic E-state index is 10.9. The number of hydrogen-bond donors (Lipinski definition) is 2. The minimum atomic E-state index is -0.983. The molecule has 0 saturated heterocycles. The van der Waals surface area contributed by atoms with Gasteiger partial charge in [-0.15, -0.1) is 0 Å². The molecule has 0 saturated carbocycles. The molecule has 0 atom stereocenters. The molecule has 5 heteroatoms. The lowest BCUT2D eigenvalue weighted by molar-refractivity contribution is -0.113. The van der Waals surface area contributed by atoms with Gasteiger partial charge in [-0.2, -0.15) is 0 Å². The van der Waals surface area contributed by atoms with Crippen LogP contribution in [0.5, 0.6) is 0 Å². The number of alkyl halides is 1. The summed E-state index contributed by atoms with van der Waals surface area (Å²) >= 11 is 3.00. The average molecular weight is 258 g/mol. The van der Waals surface area contributed by atoms with Gasteiger partial charge >= 0.3 is 5.97 Å². The maximum Gasteiger partial charge on any atom is 0.335 e. The summed E-state index contributed by atoms with van der Waals surface area (Å²) < 4.78 is 0. The second-order valence-corrected chi connectivity index (χ2v) is 3.13. The summed E-state index contributed by atoms with van der Waals surface area (Å²) in [5.41, 5.74) is 0.779. The van der Waals surface area contributed by atoms with Crippen molar-refractivity contribution < 1.29 is 14.7 Å². The van der Waals surface area contributed by atoms with E-state index >= 15 is 0 Å². The lowest BCUT2D eigenvalue weighted by Crippen LogP contribution is -2.12. The third-order valence-corrected chi connectivity index (χ3v) is 2.05. The third-order valence-electron chi connectivity index (χ3n) is 1.54. The quantitative estimate of drug-likeness (QED) is 0.811. The zero-order chi connectivity index (χ0) is 10.6. The van der Waals surface area contributed by atoms with E-state index in [0.717, 1.165) is 0 Å². The molecule has 0 heterocycles. The minimum absolute atomic E-state index is 0.173. The van der Waals surface area contributed by atoms with E-state index in [1.165, 1.54) is 12.1 Å². The Morgan fingerprint density at radius 1 is 1.29 bits per heavy atom. The average Bonchev–Trinajstić information content (AvgIpc) is 2.18. The van der Waals surface area contributed by atoms with E-state index in [-0.39, 0.29) is 16.8 Å². The molecule has 4 nitrogen and oxygen atoms in total. The minimum Gasteiger partial charge on any atom is -0.478 e. The van der Waals surface area contributed by atoms with Gasteiger partial charge in [-0.25, -0.2) is 4.79 Å². The van der Waals surface area contributed by atoms with Crippen LogP contribution >= 0.6 is 15.9 Å². The van der Waals surface area contributed by atoms with Crippen LogP contribution in [0.1, 0.15) is 10.4 Å². The van der Waals surface area contributed by atoms with Crippen LogP contribution in [0.15, 0.2) is 24.3 Å². The molecule has 0 aliphatic rings. The fraction of sp³-hybridized carbons (Fsp3) is 0.111. The number of carboxylic acids is 1. The summed E-state index contributed by atoms with van der Waals surface area (Å²) in [7, 11) is 0. The van der Waals surface area contributed by atoms with Crippen molar-refractivity contribution in [1.29, 1.82) is 0 Å². The van der Waals surface area contributed by atoms with Crippen molar-refractivity contribution in [2.45, 2.75) is 0 Å². The molecule has 0 unspecified atom stereocenters. The molecule has 0 spiro atoms. The number of carboxylic acid groups (broad SMARTS) is 1. The lowest BCUT2D eigenvalue weighted by atomic mass is 10.2. The molecule has 0 aromatic heterocycles. The summed E-state index contributed by atoms with van der Waals surface area (Å²) in [6.45, 7) is 0. The fourth-order valence-electron chi connectivity index (χ4n) is 0.891. The van der Waals surface area contributed by atoms with Gasteiger partial charge in [-0.05, 0) is 24.3 Å². The highest BCUT2D eigenvalue weighted by Gasteiger charge is 2.03. The van der Waals surface area contributed by atoms with E-state index in [2.05, 4.69) is 21.2 Å². The first kappa shape index (κ1) is 10.7. The molecule has 0 bridgehead atoms. The van der Waals surface area contributed by atoms with Crippen LogP contribution in [0, 0.1) is 0 Å². The monoisotopic (exact) mass is 257 g/mol. The number of nitrogens with one attached hydrogen (secondary N) is 1. The van der Waals surface area contributed by atoms with Crippen LogP contribution in [0.4, 0.5) is 5.69 Å². The largest absolute Gasteiger partial charge is 0.478 e. The Hall–Kier alpha value is -1.36. The molecule has 0 fully saturated rings. The number of benzene rings is 1. The van der Waals surface area contributed by atoms with Crippen LogP contribution < -0.4 is 5.32 Å². The molecule has 74 valence electrons. The number of halogens is 1. The maximum atomic E-state index is 10.9. The van der Waals surface area contributed by atoms with Crippen molar-refractivity contribution in [3.8, 4) is 0 Å². The molecule has 0 aliphatic carbocycles. The predicted molar refractivity (Wildman–Crippen MR) is 55.8 cm³/mol. The second kappa shape index (κ2) is 4.76. The van der Waals surface area contributed by atoms with Gasteiger partial charge in [0.1, 0.15) is 0 Å². The summed E-state index contributed by atoms with van der Waals surface area (Å²) in [4.78, 5) is 21.4. The van der Waals surface area contributed by atoms with Crippen molar-refractivity contribution in [3.63, 3.8) is 0 Å². The topological polar surface area (TPSA) is 66.4 Å². The van der Waals surface area contributed by atoms with Crippen LogP contribution in [0.25, 0.3) is 0 Å². The first-order valence-electron chi connectivity index (χ1n) is 3.82. The lowest BCUT2D eigenvalue weighted by Gasteiger charge is -2.02. The van der Waals surface area contributed by atoms with Crippen molar-refractivity contribution in [2.24, 2.45) is 0 Å². The Morgan fingerprint density at radius 3 is 2.29 bits per heavy atom. The van der Waals surface area contributed by atoms with Gasteiger partial charge < -0.3 is 10.4 Å². The van der Waals surface area contributed by atoms with E-state index in [0.29, 0.717) is 5.69 Å². The van der Waals surface area contributed by atoms with E-state index in [4.69, 9.17) is 5.11 Å². The molecule has 0 aliphatic heterocycles. The molecule has 1 aromatic rings. The van der Waals surface area contributed by atoms with Crippen molar-refractivity contribution >= 4 is 33.5 Å². The molecule has 0 radical (unpaired) electrons. The smallest absolute Gasteiger partial charge is 0.335 e. The number of amides is 1. The highest BCUT2D eigenvalue weighted by molar-refractivity contribution is 9.09. The zero-order valence-corrected chi connectivity index (χ0v) is 8.74. The molecule has 1 aromatic carbocycles.